The lowest BCUT2D eigenvalue weighted by Crippen LogP contribution is -2.23. The predicted molar refractivity (Wildman–Crippen MR) is 112 cm³/mol. The van der Waals surface area contributed by atoms with Gasteiger partial charge in [-0.3, -0.25) is 9.00 Å². The Bertz CT molecular complexity index is 1030. The number of nitrogens with zero attached hydrogens (tertiary/aromatic N) is 2. The van der Waals surface area contributed by atoms with Gasteiger partial charge < -0.3 is 5.32 Å². The quantitative estimate of drug-likeness (QED) is 0.710. The summed E-state index contributed by atoms with van der Waals surface area (Å²) >= 11 is 0. The van der Waals surface area contributed by atoms with Crippen LogP contribution in [0.2, 0.25) is 0 Å². The van der Waals surface area contributed by atoms with E-state index in [1.807, 2.05) is 68.4 Å². The zero-order valence-corrected chi connectivity index (χ0v) is 16.8. The zero-order chi connectivity index (χ0) is 19.7. The summed E-state index contributed by atoms with van der Waals surface area (Å²) in [6.07, 6.45) is 0.697. The van der Waals surface area contributed by atoms with Gasteiger partial charge in [-0.2, -0.15) is 5.10 Å². The van der Waals surface area contributed by atoms with E-state index in [-0.39, 0.29) is 11.8 Å². The van der Waals surface area contributed by atoms with Crippen molar-refractivity contribution in [3.05, 3.63) is 77.0 Å². The minimum absolute atomic E-state index is 0.0672. The van der Waals surface area contributed by atoms with Crippen LogP contribution < -0.4 is 5.32 Å². The molecule has 3 aromatic rings. The summed E-state index contributed by atoms with van der Waals surface area (Å²) in [6, 6.07) is 17.8. The summed E-state index contributed by atoms with van der Waals surface area (Å²) in [5, 5.41) is 7.76. The van der Waals surface area contributed by atoms with Crippen molar-refractivity contribution in [3.63, 3.8) is 0 Å². The van der Waals surface area contributed by atoms with E-state index in [4.69, 9.17) is 0 Å². The maximum absolute atomic E-state index is 13.1. The van der Waals surface area contributed by atoms with Gasteiger partial charge in [0.25, 0.3) is 0 Å². The highest BCUT2D eigenvalue weighted by atomic mass is 32.2. The molecule has 1 aliphatic heterocycles. The Kier molecular flexibility index (Phi) is 5.13. The summed E-state index contributed by atoms with van der Waals surface area (Å²) in [5.41, 5.74) is 4.72. The molecule has 4 rings (SSSR count). The molecular formula is C22H23N3O2S. The third-order valence-corrected chi connectivity index (χ3v) is 6.32. The topological polar surface area (TPSA) is 64.0 Å². The van der Waals surface area contributed by atoms with Crippen LogP contribution in [0.5, 0.6) is 0 Å². The summed E-state index contributed by atoms with van der Waals surface area (Å²) in [6.45, 7) is 4.04. The normalized spacial score (nSPS) is 16.6. The van der Waals surface area contributed by atoms with Crippen molar-refractivity contribution in [2.75, 3.05) is 5.32 Å². The molecule has 0 spiro atoms. The largest absolute Gasteiger partial charge is 0.310 e. The van der Waals surface area contributed by atoms with Crippen LogP contribution in [0, 0.1) is 6.92 Å². The number of carbonyl (C=O) groups excluding carboxylic acids is 1. The summed E-state index contributed by atoms with van der Waals surface area (Å²) in [5.74, 6) is 1.20. The number of hydrogen-bond donors (Lipinski definition) is 1. The fourth-order valence-electron chi connectivity index (χ4n) is 3.59. The molecule has 0 radical (unpaired) electrons. The van der Waals surface area contributed by atoms with Crippen LogP contribution >= 0.6 is 0 Å². The van der Waals surface area contributed by atoms with E-state index >= 15 is 0 Å². The molecule has 28 heavy (non-hydrogen) atoms. The van der Waals surface area contributed by atoms with E-state index in [9.17, 15) is 9.00 Å². The fraction of sp³-hybridized carbons (Fsp3) is 0.273. The van der Waals surface area contributed by atoms with Crippen molar-refractivity contribution in [2.45, 2.75) is 37.7 Å². The van der Waals surface area contributed by atoms with Gasteiger partial charge in [-0.05, 0) is 31.0 Å². The monoisotopic (exact) mass is 393 g/mol. The molecular weight excluding hydrogens is 370 g/mol. The van der Waals surface area contributed by atoms with Gasteiger partial charge in [0.15, 0.2) is 0 Å². The molecule has 0 fully saturated rings. The zero-order valence-electron chi connectivity index (χ0n) is 16.0. The molecule has 6 heteroatoms. The van der Waals surface area contributed by atoms with Gasteiger partial charge in [0, 0.05) is 16.4 Å². The minimum Gasteiger partial charge on any atom is -0.310 e. The molecule has 0 bridgehead atoms. The summed E-state index contributed by atoms with van der Waals surface area (Å²) < 4.78 is 13.8. The lowest BCUT2D eigenvalue weighted by atomic mass is 9.95. The van der Waals surface area contributed by atoms with Gasteiger partial charge in [-0.25, -0.2) is 4.68 Å². The van der Waals surface area contributed by atoms with Gasteiger partial charge >= 0.3 is 0 Å². The Hall–Kier alpha value is -2.73. The predicted octanol–water partition coefficient (Wildman–Crippen LogP) is 4.08. The molecule has 2 atom stereocenters. The van der Waals surface area contributed by atoms with E-state index in [0.717, 1.165) is 28.1 Å². The van der Waals surface area contributed by atoms with E-state index in [0.29, 0.717) is 23.7 Å². The highest BCUT2D eigenvalue weighted by Crippen LogP contribution is 2.32. The molecule has 1 aliphatic rings. The highest BCUT2D eigenvalue weighted by molar-refractivity contribution is 7.83. The number of nitrogens with one attached hydrogen (secondary N) is 1. The average Bonchev–Trinajstić information content (AvgIpc) is 3.21. The number of aromatic nitrogens is 2. The van der Waals surface area contributed by atoms with Crippen LogP contribution in [-0.2, 0) is 27.1 Å². The SMILES string of the molecule is CC[C@H](C(=O)Nc1c2c(nn1-c1ccc(C)cc1)C[S@@](=O)C2)c1ccccc1. The molecule has 1 amide bonds. The number of rotatable bonds is 5. The summed E-state index contributed by atoms with van der Waals surface area (Å²) in [4.78, 5) is 13.1. The Balaban J connectivity index is 1.71. The van der Waals surface area contributed by atoms with Crippen molar-refractivity contribution in [1.29, 1.82) is 0 Å². The Morgan fingerprint density at radius 3 is 2.54 bits per heavy atom. The number of amides is 1. The minimum atomic E-state index is -0.957. The third kappa shape index (κ3) is 3.52. The van der Waals surface area contributed by atoms with Crippen LogP contribution in [0.25, 0.3) is 5.69 Å². The number of fused-ring (bicyclic) bond motifs is 1. The average molecular weight is 394 g/mol. The van der Waals surface area contributed by atoms with Crippen LogP contribution in [0.1, 0.15) is 41.6 Å². The first kappa shape index (κ1) is 18.6. The molecule has 0 saturated carbocycles. The molecule has 2 heterocycles. The van der Waals surface area contributed by atoms with E-state index in [1.165, 1.54) is 0 Å². The first-order chi connectivity index (χ1) is 13.6. The van der Waals surface area contributed by atoms with Gasteiger partial charge in [-0.15, -0.1) is 0 Å². The number of aryl methyl sites for hydroxylation is 1. The second kappa shape index (κ2) is 7.72. The van der Waals surface area contributed by atoms with Gasteiger partial charge in [0.2, 0.25) is 5.91 Å². The van der Waals surface area contributed by atoms with E-state index in [1.54, 1.807) is 4.68 Å². The van der Waals surface area contributed by atoms with Crippen molar-refractivity contribution in [3.8, 4) is 5.69 Å². The lowest BCUT2D eigenvalue weighted by molar-refractivity contribution is -0.117. The van der Waals surface area contributed by atoms with Crippen molar-refractivity contribution < 1.29 is 9.00 Å². The lowest BCUT2D eigenvalue weighted by Gasteiger charge is -2.17. The first-order valence-corrected chi connectivity index (χ1v) is 10.9. The third-order valence-electron chi connectivity index (χ3n) is 5.12. The highest BCUT2D eigenvalue weighted by Gasteiger charge is 2.29. The Labute approximate surface area is 167 Å². The number of anilines is 1. The Morgan fingerprint density at radius 1 is 1.14 bits per heavy atom. The van der Waals surface area contributed by atoms with Crippen LogP contribution in [0.3, 0.4) is 0 Å². The standard InChI is InChI=1S/C22H23N3O2S/c1-3-18(16-7-5-4-6-8-16)22(26)23-21-19-13-28(27)14-20(19)24-25(21)17-11-9-15(2)10-12-17/h4-12,18H,3,13-14H2,1-2H3,(H,23,26)/t18-,28-/m0/s1. The molecule has 144 valence electrons. The first-order valence-electron chi connectivity index (χ1n) is 9.45. The van der Waals surface area contributed by atoms with Crippen molar-refractivity contribution in [2.24, 2.45) is 0 Å². The van der Waals surface area contributed by atoms with Gasteiger partial charge in [0.05, 0.1) is 28.8 Å². The molecule has 1 N–H and O–H groups in total. The number of benzene rings is 2. The maximum Gasteiger partial charge on any atom is 0.233 e. The van der Waals surface area contributed by atoms with Crippen LogP contribution in [0.4, 0.5) is 5.82 Å². The maximum atomic E-state index is 13.1. The van der Waals surface area contributed by atoms with Gasteiger partial charge in [0.1, 0.15) is 5.82 Å². The number of carbonyl (C=O) groups is 1. The number of hydrogen-bond acceptors (Lipinski definition) is 3. The van der Waals surface area contributed by atoms with Crippen molar-refractivity contribution >= 4 is 22.5 Å². The second-order valence-electron chi connectivity index (χ2n) is 7.11. The fourth-order valence-corrected chi connectivity index (χ4v) is 4.85. The molecule has 0 unspecified atom stereocenters. The van der Waals surface area contributed by atoms with Crippen LogP contribution in [0.15, 0.2) is 54.6 Å². The van der Waals surface area contributed by atoms with Crippen molar-refractivity contribution in [1.82, 2.24) is 9.78 Å². The molecule has 5 nitrogen and oxygen atoms in total. The molecule has 2 aromatic carbocycles. The van der Waals surface area contributed by atoms with E-state index in [2.05, 4.69) is 10.4 Å². The van der Waals surface area contributed by atoms with Crippen LogP contribution in [-0.4, -0.2) is 19.9 Å². The molecule has 1 aromatic heterocycles. The van der Waals surface area contributed by atoms with E-state index < -0.39 is 10.8 Å². The smallest absolute Gasteiger partial charge is 0.233 e. The molecule has 0 saturated heterocycles. The molecule has 0 aliphatic carbocycles. The summed E-state index contributed by atoms with van der Waals surface area (Å²) in [7, 11) is -0.957. The Morgan fingerprint density at radius 2 is 1.86 bits per heavy atom. The van der Waals surface area contributed by atoms with Gasteiger partial charge in [-0.1, -0.05) is 55.0 Å². The second-order valence-corrected chi connectivity index (χ2v) is 8.57.